The zero-order valence-electron chi connectivity index (χ0n) is 7.20. The van der Waals surface area contributed by atoms with Gasteiger partial charge >= 0.3 is 0 Å². The van der Waals surface area contributed by atoms with Crippen LogP contribution in [0.3, 0.4) is 0 Å². The highest BCUT2D eigenvalue weighted by Crippen LogP contribution is 2.09. The number of aromatic nitrogens is 3. The van der Waals surface area contributed by atoms with Crippen molar-refractivity contribution in [2.75, 3.05) is 6.54 Å². The number of nitrogens with zero attached hydrogens (tertiary/aromatic N) is 3. The van der Waals surface area contributed by atoms with Gasteiger partial charge in [0.25, 0.3) is 0 Å². The second-order valence-electron chi connectivity index (χ2n) is 2.78. The highest BCUT2D eigenvalue weighted by molar-refractivity contribution is 4.97. The van der Waals surface area contributed by atoms with Gasteiger partial charge < -0.3 is 5.73 Å². The molecular weight excluding hydrogens is 140 g/mol. The lowest BCUT2D eigenvalue weighted by Gasteiger charge is -2.05. The molecule has 2 N–H and O–H groups in total. The van der Waals surface area contributed by atoms with Crippen molar-refractivity contribution in [3.8, 4) is 0 Å². The minimum atomic E-state index is 0.293. The van der Waals surface area contributed by atoms with E-state index in [-0.39, 0.29) is 0 Å². The summed E-state index contributed by atoms with van der Waals surface area (Å²) in [5.41, 5.74) is 5.50. The molecule has 1 unspecified atom stereocenters. The second-order valence-corrected chi connectivity index (χ2v) is 2.78. The van der Waals surface area contributed by atoms with Crippen LogP contribution in [0.25, 0.3) is 0 Å². The molecule has 62 valence electrons. The molecule has 0 saturated heterocycles. The van der Waals surface area contributed by atoms with Gasteiger partial charge in [0.2, 0.25) is 0 Å². The van der Waals surface area contributed by atoms with Crippen molar-refractivity contribution in [3.05, 3.63) is 11.6 Å². The lowest BCUT2D eigenvalue weighted by molar-refractivity contribution is 0.628. The fourth-order valence-electron chi connectivity index (χ4n) is 1.06. The predicted molar refractivity (Wildman–Crippen MR) is 43.2 cm³/mol. The Labute approximate surface area is 66.4 Å². The lowest BCUT2D eigenvalue weighted by atomic mass is 10.2. The number of rotatable bonds is 2. The molecule has 4 nitrogen and oxygen atoms in total. The lowest BCUT2D eigenvalue weighted by Crippen LogP contribution is -2.13. The molecule has 0 amide bonds. The molecule has 1 heterocycles. The van der Waals surface area contributed by atoms with E-state index in [1.807, 2.05) is 20.9 Å². The van der Waals surface area contributed by atoms with E-state index in [0.717, 1.165) is 11.6 Å². The van der Waals surface area contributed by atoms with E-state index in [1.165, 1.54) is 0 Å². The molecule has 0 radical (unpaired) electrons. The van der Waals surface area contributed by atoms with Crippen molar-refractivity contribution < 1.29 is 0 Å². The van der Waals surface area contributed by atoms with E-state index in [2.05, 4.69) is 10.1 Å². The van der Waals surface area contributed by atoms with Gasteiger partial charge in [0.05, 0.1) is 0 Å². The standard InChI is InChI=1S/C7H14N4/c1-5(4-8)7-9-6(2)10-11(7)3/h5H,4,8H2,1-3H3. The van der Waals surface area contributed by atoms with Gasteiger partial charge in [-0.05, 0) is 6.92 Å². The van der Waals surface area contributed by atoms with Gasteiger partial charge in [-0.1, -0.05) is 6.92 Å². The van der Waals surface area contributed by atoms with Crippen molar-refractivity contribution in [3.63, 3.8) is 0 Å². The fraction of sp³-hybridized carbons (Fsp3) is 0.714. The SMILES string of the molecule is Cc1nc(C(C)CN)n(C)n1. The molecule has 4 heteroatoms. The quantitative estimate of drug-likeness (QED) is 0.661. The normalized spacial score (nSPS) is 13.5. The van der Waals surface area contributed by atoms with Crippen LogP contribution in [0.4, 0.5) is 0 Å². The van der Waals surface area contributed by atoms with Crippen molar-refractivity contribution in [1.29, 1.82) is 0 Å². The summed E-state index contributed by atoms with van der Waals surface area (Å²) >= 11 is 0. The molecule has 1 aromatic rings. The third-order valence-electron chi connectivity index (χ3n) is 1.70. The number of hydrogen-bond acceptors (Lipinski definition) is 3. The largest absolute Gasteiger partial charge is 0.330 e. The van der Waals surface area contributed by atoms with E-state index >= 15 is 0 Å². The van der Waals surface area contributed by atoms with Crippen LogP contribution in [0, 0.1) is 6.92 Å². The van der Waals surface area contributed by atoms with Crippen LogP contribution < -0.4 is 5.73 Å². The third-order valence-corrected chi connectivity index (χ3v) is 1.70. The summed E-state index contributed by atoms with van der Waals surface area (Å²) in [6.07, 6.45) is 0. The summed E-state index contributed by atoms with van der Waals surface area (Å²) in [7, 11) is 1.89. The van der Waals surface area contributed by atoms with E-state index in [4.69, 9.17) is 5.73 Å². The van der Waals surface area contributed by atoms with Crippen molar-refractivity contribution >= 4 is 0 Å². The van der Waals surface area contributed by atoms with Crippen molar-refractivity contribution in [2.24, 2.45) is 12.8 Å². The second kappa shape index (κ2) is 3.00. The maximum absolute atomic E-state index is 5.50. The van der Waals surface area contributed by atoms with Gasteiger partial charge in [0, 0.05) is 19.5 Å². The Bertz CT molecular complexity index is 241. The van der Waals surface area contributed by atoms with E-state index in [0.29, 0.717) is 12.5 Å². The third kappa shape index (κ3) is 1.57. The molecule has 0 bridgehead atoms. The summed E-state index contributed by atoms with van der Waals surface area (Å²) in [6.45, 7) is 4.54. The van der Waals surface area contributed by atoms with Gasteiger partial charge in [-0.2, -0.15) is 5.10 Å². The minimum Gasteiger partial charge on any atom is -0.330 e. The fourth-order valence-corrected chi connectivity index (χ4v) is 1.06. The Kier molecular flexibility index (Phi) is 2.24. The molecule has 0 saturated carbocycles. The summed E-state index contributed by atoms with van der Waals surface area (Å²) in [5, 5.41) is 4.13. The van der Waals surface area contributed by atoms with Crippen molar-refractivity contribution in [1.82, 2.24) is 14.8 Å². The molecule has 0 spiro atoms. The summed E-state index contributed by atoms with van der Waals surface area (Å²) in [4.78, 5) is 4.25. The number of hydrogen-bond donors (Lipinski definition) is 1. The van der Waals surface area contributed by atoms with Crippen LogP contribution >= 0.6 is 0 Å². The van der Waals surface area contributed by atoms with E-state index in [9.17, 15) is 0 Å². The first-order chi connectivity index (χ1) is 5.15. The average molecular weight is 154 g/mol. The maximum atomic E-state index is 5.50. The first-order valence-electron chi connectivity index (χ1n) is 3.72. The average Bonchev–Trinajstić information content (AvgIpc) is 2.28. The summed E-state index contributed by atoms with van der Waals surface area (Å²) in [6, 6.07) is 0. The zero-order chi connectivity index (χ0) is 8.43. The summed E-state index contributed by atoms with van der Waals surface area (Å²) < 4.78 is 1.78. The number of aryl methyl sites for hydroxylation is 2. The van der Waals surface area contributed by atoms with E-state index < -0.39 is 0 Å². The van der Waals surface area contributed by atoms with Gasteiger partial charge in [-0.25, -0.2) is 4.98 Å². The maximum Gasteiger partial charge on any atom is 0.147 e. The molecule has 1 aromatic heterocycles. The monoisotopic (exact) mass is 154 g/mol. The number of nitrogens with two attached hydrogens (primary N) is 1. The molecular formula is C7H14N4. The first-order valence-corrected chi connectivity index (χ1v) is 3.72. The van der Waals surface area contributed by atoms with Gasteiger partial charge in [-0.15, -0.1) is 0 Å². The van der Waals surface area contributed by atoms with Crippen LogP contribution in [-0.4, -0.2) is 21.3 Å². The molecule has 0 fully saturated rings. The van der Waals surface area contributed by atoms with E-state index in [1.54, 1.807) is 4.68 Å². The highest BCUT2D eigenvalue weighted by Gasteiger charge is 2.10. The molecule has 11 heavy (non-hydrogen) atoms. The minimum absolute atomic E-state index is 0.293. The van der Waals surface area contributed by atoms with Crippen LogP contribution in [0.2, 0.25) is 0 Å². The van der Waals surface area contributed by atoms with Gasteiger partial charge in [-0.3, -0.25) is 4.68 Å². The Hall–Kier alpha value is -0.900. The van der Waals surface area contributed by atoms with Crippen LogP contribution in [0.5, 0.6) is 0 Å². The summed E-state index contributed by atoms with van der Waals surface area (Å²) in [5.74, 6) is 2.06. The zero-order valence-corrected chi connectivity index (χ0v) is 7.20. The Morgan fingerprint density at radius 1 is 1.64 bits per heavy atom. The van der Waals surface area contributed by atoms with Crippen LogP contribution in [-0.2, 0) is 7.05 Å². The molecule has 1 rings (SSSR count). The molecule has 0 aliphatic rings. The highest BCUT2D eigenvalue weighted by atomic mass is 15.3. The molecule has 0 aliphatic carbocycles. The topological polar surface area (TPSA) is 56.7 Å². The predicted octanol–water partition coefficient (Wildman–Crippen LogP) is 0.186. The molecule has 0 aliphatic heterocycles. The van der Waals surface area contributed by atoms with Crippen LogP contribution in [0.15, 0.2) is 0 Å². The Balaban J connectivity index is 2.93. The van der Waals surface area contributed by atoms with Gasteiger partial charge in [0.15, 0.2) is 0 Å². The Morgan fingerprint density at radius 3 is 2.64 bits per heavy atom. The molecule has 1 atom stereocenters. The first kappa shape index (κ1) is 8.20. The smallest absolute Gasteiger partial charge is 0.147 e. The Morgan fingerprint density at radius 2 is 2.27 bits per heavy atom. The molecule has 0 aromatic carbocycles. The van der Waals surface area contributed by atoms with Crippen molar-refractivity contribution in [2.45, 2.75) is 19.8 Å². The van der Waals surface area contributed by atoms with Gasteiger partial charge in [0.1, 0.15) is 11.6 Å². The van der Waals surface area contributed by atoms with Crippen LogP contribution in [0.1, 0.15) is 24.5 Å².